The lowest BCUT2D eigenvalue weighted by atomic mass is 10.1. The molecular formula is C12H27N3O3S. The highest BCUT2D eigenvalue weighted by molar-refractivity contribution is 7.87. The first-order valence-electron chi connectivity index (χ1n) is 6.63. The number of nitrogens with zero attached hydrogens (tertiary/aromatic N) is 2. The van der Waals surface area contributed by atoms with Gasteiger partial charge in [0.2, 0.25) is 0 Å². The van der Waals surface area contributed by atoms with Gasteiger partial charge >= 0.3 is 0 Å². The predicted molar refractivity (Wildman–Crippen MR) is 76.1 cm³/mol. The molecule has 19 heavy (non-hydrogen) atoms. The van der Waals surface area contributed by atoms with Crippen molar-refractivity contribution in [3.63, 3.8) is 0 Å². The Hall–Kier alpha value is -0.210. The number of piperazine rings is 1. The first-order valence-corrected chi connectivity index (χ1v) is 8.07. The highest BCUT2D eigenvalue weighted by atomic mass is 32.2. The van der Waals surface area contributed by atoms with Crippen LogP contribution in [0.15, 0.2) is 0 Å². The van der Waals surface area contributed by atoms with Gasteiger partial charge in [0.05, 0.1) is 5.60 Å². The molecule has 0 radical (unpaired) electrons. The molecule has 0 saturated carbocycles. The number of nitrogens with one attached hydrogen (secondary N) is 1. The fraction of sp³-hybridized carbons (Fsp3) is 1.00. The molecule has 1 fully saturated rings. The zero-order valence-electron chi connectivity index (χ0n) is 12.6. The molecule has 0 atom stereocenters. The van der Waals surface area contributed by atoms with Crippen LogP contribution in [0.2, 0.25) is 0 Å². The van der Waals surface area contributed by atoms with E-state index in [1.165, 1.54) is 4.31 Å². The van der Waals surface area contributed by atoms with Crippen molar-refractivity contribution in [2.45, 2.75) is 45.8 Å². The van der Waals surface area contributed by atoms with E-state index in [-0.39, 0.29) is 0 Å². The van der Waals surface area contributed by atoms with Crippen LogP contribution in [0, 0.1) is 0 Å². The zero-order chi connectivity index (χ0) is 14.9. The lowest BCUT2D eigenvalue weighted by molar-refractivity contribution is 0.0261. The zero-order valence-corrected chi connectivity index (χ0v) is 13.4. The van der Waals surface area contributed by atoms with E-state index in [0.29, 0.717) is 32.7 Å². The highest BCUT2D eigenvalue weighted by Crippen LogP contribution is 2.12. The molecule has 1 rings (SSSR count). The molecule has 0 aromatic rings. The van der Waals surface area contributed by atoms with Gasteiger partial charge in [-0.25, -0.2) is 0 Å². The van der Waals surface area contributed by atoms with E-state index < -0.39 is 21.3 Å². The summed E-state index contributed by atoms with van der Waals surface area (Å²) in [6.07, 6.45) is 0. The Kier molecular flexibility index (Phi) is 5.01. The topological polar surface area (TPSA) is 72.9 Å². The predicted octanol–water partition coefficient (Wildman–Crippen LogP) is 0.00780. The Morgan fingerprint density at radius 3 is 1.89 bits per heavy atom. The van der Waals surface area contributed by atoms with Crippen molar-refractivity contribution in [2.24, 2.45) is 0 Å². The van der Waals surface area contributed by atoms with Gasteiger partial charge in [-0.15, -0.1) is 0 Å². The second kappa shape index (κ2) is 5.65. The van der Waals surface area contributed by atoms with Gasteiger partial charge in [0.25, 0.3) is 10.2 Å². The molecule has 0 bridgehead atoms. The number of rotatable bonds is 4. The van der Waals surface area contributed by atoms with Crippen LogP contribution in [0.3, 0.4) is 0 Å². The van der Waals surface area contributed by atoms with Crippen LogP contribution in [0.25, 0.3) is 0 Å². The van der Waals surface area contributed by atoms with Crippen LogP contribution in [0.4, 0.5) is 0 Å². The van der Waals surface area contributed by atoms with Gasteiger partial charge in [0.15, 0.2) is 0 Å². The van der Waals surface area contributed by atoms with E-state index in [2.05, 4.69) is 9.62 Å². The van der Waals surface area contributed by atoms with Gasteiger partial charge in [-0.3, -0.25) is 4.90 Å². The average molecular weight is 293 g/mol. The second-order valence-electron chi connectivity index (χ2n) is 6.84. The SMILES string of the molecule is CC(C)(O)CN1CCN(S(=O)(=O)NC(C)(C)C)CC1. The minimum Gasteiger partial charge on any atom is -0.389 e. The summed E-state index contributed by atoms with van der Waals surface area (Å²) in [5, 5.41) is 9.76. The summed E-state index contributed by atoms with van der Waals surface area (Å²) in [7, 11) is -3.41. The lowest BCUT2D eigenvalue weighted by Crippen LogP contribution is -2.56. The summed E-state index contributed by atoms with van der Waals surface area (Å²) in [4.78, 5) is 2.09. The molecule has 0 unspecified atom stereocenters. The maximum atomic E-state index is 12.1. The first kappa shape index (κ1) is 16.8. The second-order valence-corrected chi connectivity index (χ2v) is 8.52. The molecule has 6 nitrogen and oxygen atoms in total. The molecule has 1 aliphatic heterocycles. The van der Waals surface area contributed by atoms with Crippen LogP contribution < -0.4 is 4.72 Å². The Morgan fingerprint density at radius 1 is 1.05 bits per heavy atom. The molecule has 7 heteroatoms. The third kappa shape index (κ3) is 6.18. The first-order chi connectivity index (χ1) is 8.39. The fourth-order valence-electron chi connectivity index (χ4n) is 2.13. The van der Waals surface area contributed by atoms with Crippen LogP contribution >= 0.6 is 0 Å². The van der Waals surface area contributed by atoms with E-state index in [1.807, 2.05) is 20.8 Å². The summed E-state index contributed by atoms with van der Waals surface area (Å²) in [5.74, 6) is 0. The summed E-state index contributed by atoms with van der Waals surface area (Å²) in [5.41, 5.74) is -1.21. The lowest BCUT2D eigenvalue weighted by Gasteiger charge is -2.37. The van der Waals surface area contributed by atoms with E-state index in [1.54, 1.807) is 13.8 Å². The molecule has 0 spiro atoms. The van der Waals surface area contributed by atoms with Crippen LogP contribution in [-0.2, 0) is 10.2 Å². The monoisotopic (exact) mass is 293 g/mol. The highest BCUT2D eigenvalue weighted by Gasteiger charge is 2.31. The van der Waals surface area contributed by atoms with Gasteiger partial charge in [-0.1, -0.05) is 0 Å². The van der Waals surface area contributed by atoms with Crippen molar-refractivity contribution < 1.29 is 13.5 Å². The van der Waals surface area contributed by atoms with Gasteiger partial charge in [-0.05, 0) is 34.6 Å². The quantitative estimate of drug-likeness (QED) is 0.766. The Bertz CT molecular complexity index is 387. The third-order valence-electron chi connectivity index (χ3n) is 2.72. The number of hydrogen-bond donors (Lipinski definition) is 2. The molecule has 1 saturated heterocycles. The summed E-state index contributed by atoms with van der Waals surface area (Å²) >= 11 is 0. The van der Waals surface area contributed by atoms with Crippen molar-refractivity contribution in [1.82, 2.24) is 13.9 Å². The van der Waals surface area contributed by atoms with Crippen LogP contribution in [0.5, 0.6) is 0 Å². The molecule has 0 aliphatic carbocycles. The van der Waals surface area contributed by atoms with Crippen molar-refractivity contribution in [3.05, 3.63) is 0 Å². The maximum absolute atomic E-state index is 12.1. The van der Waals surface area contributed by atoms with E-state index >= 15 is 0 Å². The smallest absolute Gasteiger partial charge is 0.280 e. The number of hydrogen-bond acceptors (Lipinski definition) is 4. The van der Waals surface area contributed by atoms with Gasteiger partial charge in [0.1, 0.15) is 0 Å². The van der Waals surface area contributed by atoms with E-state index in [0.717, 1.165) is 0 Å². The van der Waals surface area contributed by atoms with Crippen molar-refractivity contribution in [3.8, 4) is 0 Å². The Labute approximate surface area is 117 Å². The number of aliphatic hydroxyl groups is 1. The molecule has 114 valence electrons. The van der Waals surface area contributed by atoms with Crippen molar-refractivity contribution in [1.29, 1.82) is 0 Å². The largest absolute Gasteiger partial charge is 0.389 e. The molecule has 1 aliphatic rings. The van der Waals surface area contributed by atoms with Crippen molar-refractivity contribution >= 4 is 10.2 Å². The fourth-order valence-corrected chi connectivity index (χ4v) is 3.67. The molecular weight excluding hydrogens is 266 g/mol. The Morgan fingerprint density at radius 2 is 1.53 bits per heavy atom. The van der Waals surface area contributed by atoms with Gasteiger partial charge < -0.3 is 5.11 Å². The molecule has 0 amide bonds. The van der Waals surface area contributed by atoms with E-state index in [9.17, 15) is 13.5 Å². The average Bonchev–Trinajstić information content (AvgIpc) is 2.11. The molecule has 2 N–H and O–H groups in total. The number of β-amino-alcohol motifs (C(OH)–C–C–N with tert-alkyl or cyclic N) is 1. The van der Waals surface area contributed by atoms with E-state index in [4.69, 9.17) is 0 Å². The van der Waals surface area contributed by atoms with Gasteiger partial charge in [-0.2, -0.15) is 17.4 Å². The maximum Gasteiger partial charge on any atom is 0.280 e. The van der Waals surface area contributed by atoms with Gasteiger partial charge in [0, 0.05) is 38.3 Å². The molecule has 1 heterocycles. The minimum atomic E-state index is -3.41. The minimum absolute atomic E-state index is 0.460. The summed E-state index contributed by atoms with van der Waals surface area (Å²) in [6.45, 7) is 11.8. The summed E-state index contributed by atoms with van der Waals surface area (Å²) in [6, 6.07) is 0. The molecule has 0 aromatic heterocycles. The normalized spacial score (nSPS) is 20.7. The van der Waals surface area contributed by atoms with Crippen LogP contribution in [-0.4, -0.2) is 66.6 Å². The Balaban J connectivity index is 2.54. The third-order valence-corrected chi connectivity index (χ3v) is 4.63. The molecule has 0 aromatic carbocycles. The van der Waals surface area contributed by atoms with Crippen molar-refractivity contribution in [2.75, 3.05) is 32.7 Å². The van der Waals surface area contributed by atoms with Crippen LogP contribution in [0.1, 0.15) is 34.6 Å². The summed E-state index contributed by atoms with van der Waals surface area (Å²) < 4.78 is 28.4. The standard InChI is InChI=1S/C12H27N3O3S/c1-11(2,3)13-19(17,18)15-8-6-14(7-9-15)10-12(4,5)16/h13,16H,6-10H2,1-5H3.